The number of benzene rings is 2. The molecule has 1 heterocycles. The molecule has 0 bridgehead atoms. The molecule has 1 aromatic heterocycles. The maximum Gasteiger partial charge on any atom is 0.141 e. The third kappa shape index (κ3) is 2.95. The van der Waals surface area contributed by atoms with Gasteiger partial charge in [-0.25, -0.2) is 9.97 Å². The SMILES string of the molecule is C#Cc1cccc(Nc2ncnc3cc(CC)c(OC)cc23)c1. The van der Waals surface area contributed by atoms with Crippen LogP contribution >= 0.6 is 0 Å². The van der Waals surface area contributed by atoms with Crippen molar-refractivity contribution in [1.29, 1.82) is 0 Å². The minimum atomic E-state index is 0.727. The van der Waals surface area contributed by atoms with Crippen molar-refractivity contribution < 1.29 is 4.74 Å². The average Bonchev–Trinajstić information content (AvgIpc) is 2.61. The van der Waals surface area contributed by atoms with Crippen molar-refractivity contribution in [2.45, 2.75) is 13.3 Å². The Morgan fingerprint density at radius 3 is 2.83 bits per heavy atom. The fraction of sp³-hybridized carbons (Fsp3) is 0.158. The first kappa shape index (κ1) is 14.9. The maximum absolute atomic E-state index is 5.48. The average molecular weight is 303 g/mol. The lowest BCUT2D eigenvalue weighted by atomic mass is 10.1. The molecular formula is C19H17N3O. The Balaban J connectivity index is 2.08. The highest BCUT2D eigenvalue weighted by Gasteiger charge is 2.09. The van der Waals surface area contributed by atoms with Crippen LogP contribution in [0.2, 0.25) is 0 Å². The van der Waals surface area contributed by atoms with Crippen molar-refractivity contribution in [3.05, 3.63) is 53.9 Å². The van der Waals surface area contributed by atoms with Gasteiger partial charge in [-0.2, -0.15) is 0 Å². The number of terminal acetylenes is 1. The summed E-state index contributed by atoms with van der Waals surface area (Å²) in [5.41, 5.74) is 3.71. The summed E-state index contributed by atoms with van der Waals surface area (Å²) in [5.74, 6) is 4.20. The predicted octanol–water partition coefficient (Wildman–Crippen LogP) is 3.93. The Hall–Kier alpha value is -3.06. The fourth-order valence-electron chi connectivity index (χ4n) is 2.52. The molecule has 0 amide bonds. The number of methoxy groups -OCH3 is 1. The fourth-order valence-corrected chi connectivity index (χ4v) is 2.52. The second-order valence-corrected chi connectivity index (χ2v) is 5.11. The maximum atomic E-state index is 5.48. The van der Waals surface area contributed by atoms with Gasteiger partial charge < -0.3 is 10.1 Å². The number of ether oxygens (including phenoxy) is 1. The molecule has 114 valence electrons. The number of rotatable bonds is 4. The van der Waals surface area contributed by atoms with Crippen molar-refractivity contribution in [3.63, 3.8) is 0 Å². The summed E-state index contributed by atoms with van der Waals surface area (Å²) in [6.45, 7) is 2.09. The van der Waals surface area contributed by atoms with Gasteiger partial charge in [0.2, 0.25) is 0 Å². The van der Waals surface area contributed by atoms with Crippen LogP contribution < -0.4 is 10.1 Å². The lowest BCUT2D eigenvalue weighted by Gasteiger charge is -2.12. The van der Waals surface area contributed by atoms with Crippen LogP contribution in [-0.4, -0.2) is 17.1 Å². The molecule has 0 spiro atoms. The zero-order chi connectivity index (χ0) is 16.2. The summed E-state index contributed by atoms with van der Waals surface area (Å²) in [4.78, 5) is 8.72. The van der Waals surface area contributed by atoms with Crippen LogP contribution in [0.4, 0.5) is 11.5 Å². The van der Waals surface area contributed by atoms with E-state index in [0.717, 1.165) is 45.7 Å². The van der Waals surface area contributed by atoms with Crippen LogP contribution in [0.25, 0.3) is 10.9 Å². The number of nitrogens with zero attached hydrogens (tertiary/aromatic N) is 2. The van der Waals surface area contributed by atoms with Gasteiger partial charge >= 0.3 is 0 Å². The number of hydrogen-bond donors (Lipinski definition) is 1. The third-order valence-electron chi connectivity index (χ3n) is 3.71. The Morgan fingerprint density at radius 1 is 1.22 bits per heavy atom. The molecule has 3 rings (SSSR count). The van der Waals surface area contributed by atoms with Crippen molar-refractivity contribution in [1.82, 2.24) is 9.97 Å². The minimum absolute atomic E-state index is 0.727. The molecule has 3 aromatic rings. The molecule has 0 fully saturated rings. The molecule has 4 nitrogen and oxygen atoms in total. The number of aromatic nitrogens is 2. The second kappa shape index (κ2) is 6.37. The van der Waals surface area contributed by atoms with Crippen molar-refractivity contribution >= 4 is 22.4 Å². The molecule has 0 saturated heterocycles. The van der Waals surface area contributed by atoms with Crippen LogP contribution in [0, 0.1) is 12.3 Å². The highest BCUT2D eigenvalue weighted by atomic mass is 16.5. The van der Waals surface area contributed by atoms with Crippen LogP contribution in [0.3, 0.4) is 0 Å². The first-order valence-electron chi connectivity index (χ1n) is 7.40. The minimum Gasteiger partial charge on any atom is -0.496 e. The van der Waals surface area contributed by atoms with Crippen LogP contribution in [0.15, 0.2) is 42.7 Å². The lowest BCUT2D eigenvalue weighted by Crippen LogP contribution is -1.98. The highest BCUT2D eigenvalue weighted by Crippen LogP contribution is 2.30. The number of hydrogen-bond acceptors (Lipinski definition) is 4. The van der Waals surface area contributed by atoms with Gasteiger partial charge in [0.25, 0.3) is 0 Å². The van der Waals surface area contributed by atoms with E-state index in [2.05, 4.69) is 28.1 Å². The zero-order valence-corrected chi connectivity index (χ0v) is 13.1. The molecule has 0 aliphatic carbocycles. The van der Waals surface area contributed by atoms with E-state index >= 15 is 0 Å². The Bertz CT molecular complexity index is 897. The standard InChI is InChI=1S/C19H17N3O/c1-4-13-7-6-8-15(9-13)22-19-16-11-18(23-3)14(5-2)10-17(16)20-12-21-19/h1,6-12H,5H2,2-3H3,(H,20,21,22). The molecule has 1 N–H and O–H groups in total. The van der Waals surface area contributed by atoms with Gasteiger partial charge in [0, 0.05) is 16.6 Å². The van der Waals surface area contributed by atoms with E-state index in [4.69, 9.17) is 11.2 Å². The predicted molar refractivity (Wildman–Crippen MR) is 93.1 cm³/mol. The normalized spacial score (nSPS) is 10.3. The van der Waals surface area contributed by atoms with E-state index in [1.165, 1.54) is 0 Å². The van der Waals surface area contributed by atoms with E-state index in [0.29, 0.717) is 0 Å². The molecule has 0 radical (unpaired) electrons. The van der Waals surface area contributed by atoms with Crippen molar-refractivity contribution in [2.24, 2.45) is 0 Å². The van der Waals surface area contributed by atoms with Crippen LogP contribution in [0.5, 0.6) is 5.75 Å². The van der Waals surface area contributed by atoms with Gasteiger partial charge in [-0.05, 0) is 42.3 Å². The Labute approximate surface area is 135 Å². The number of fused-ring (bicyclic) bond motifs is 1. The third-order valence-corrected chi connectivity index (χ3v) is 3.71. The lowest BCUT2D eigenvalue weighted by molar-refractivity contribution is 0.411. The van der Waals surface area contributed by atoms with Gasteiger partial charge in [-0.1, -0.05) is 18.9 Å². The smallest absolute Gasteiger partial charge is 0.141 e. The summed E-state index contributed by atoms with van der Waals surface area (Å²) < 4.78 is 5.48. The van der Waals surface area contributed by atoms with Crippen LogP contribution in [0.1, 0.15) is 18.1 Å². The van der Waals surface area contributed by atoms with Crippen molar-refractivity contribution in [2.75, 3.05) is 12.4 Å². The number of aryl methyl sites for hydroxylation is 1. The van der Waals surface area contributed by atoms with Gasteiger partial charge in [-0.15, -0.1) is 6.42 Å². The number of anilines is 2. The van der Waals surface area contributed by atoms with Gasteiger partial charge in [0.15, 0.2) is 0 Å². The molecule has 23 heavy (non-hydrogen) atoms. The summed E-state index contributed by atoms with van der Waals surface area (Å²) in [5, 5.41) is 4.22. The van der Waals surface area contributed by atoms with E-state index in [9.17, 15) is 0 Å². The second-order valence-electron chi connectivity index (χ2n) is 5.11. The van der Waals surface area contributed by atoms with E-state index in [1.807, 2.05) is 36.4 Å². The number of nitrogens with one attached hydrogen (secondary N) is 1. The quantitative estimate of drug-likeness (QED) is 0.742. The molecule has 0 unspecified atom stereocenters. The first-order chi connectivity index (χ1) is 11.2. The Kier molecular flexibility index (Phi) is 4.11. The molecule has 4 heteroatoms. The van der Waals surface area contributed by atoms with Crippen molar-refractivity contribution in [3.8, 4) is 18.1 Å². The van der Waals surface area contributed by atoms with E-state index in [-0.39, 0.29) is 0 Å². The zero-order valence-electron chi connectivity index (χ0n) is 13.1. The molecule has 0 saturated carbocycles. The van der Waals surface area contributed by atoms with Crippen LogP contribution in [-0.2, 0) is 6.42 Å². The van der Waals surface area contributed by atoms with Gasteiger partial charge in [0.1, 0.15) is 17.9 Å². The summed E-state index contributed by atoms with van der Waals surface area (Å²) >= 11 is 0. The first-order valence-corrected chi connectivity index (χ1v) is 7.40. The van der Waals surface area contributed by atoms with E-state index in [1.54, 1.807) is 13.4 Å². The topological polar surface area (TPSA) is 47.0 Å². The molecule has 0 atom stereocenters. The summed E-state index contributed by atoms with van der Waals surface area (Å²) in [6, 6.07) is 11.7. The summed E-state index contributed by atoms with van der Waals surface area (Å²) in [7, 11) is 1.67. The Morgan fingerprint density at radius 2 is 2.09 bits per heavy atom. The molecule has 0 aliphatic rings. The van der Waals surface area contributed by atoms with Gasteiger partial charge in [0.05, 0.1) is 12.6 Å². The molecule has 2 aromatic carbocycles. The summed E-state index contributed by atoms with van der Waals surface area (Å²) in [6.07, 6.45) is 7.89. The monoisotopic (exact) mass is 303 g/mol. The molecular weight excluding hydrogens is 286 g/mol. The molecule has 0 aliphatic heterocycles. The van der Waals surface area contributed by atoms with E-state index < -0.39 is 0 Å². The highest BCUT2D eigenvalue weighted by molar-refractivity contribution is 5.92. The van der Waals surface area contributed by atoms with Gasteiger partial charge in [-0.3, -0.25) is 0 Å². The largest absolute Gasteiger partial charge is 0.496 e.